The number of methoxy groups -OCH3 is 2. The molecule has 3 heteroatoms. The maximum Gasteiger partial charge on any atom is 0.133 e. The number of ether oxygens (including phenoxy) is 2. The number of pyridine rings is 1. The first kappa shape index (κ1) is 11.3. The van der Waals surface area contributed by atoms with E-state index in [-0.39, 0.29) is 0 Å². The highest BCUT2D eigenvalue weighted by molar-refractivity contribution is 5.88. The Hall–Kier alpha value is -1.77. The van der Waals surface area contributed by atoms with Crippen molar-refractivity contribution in [3.05, 3.63) is 29.5 Å². The smallest absolute Gasteiger partial charge is 0.133 e. The number of nitrogens with zero attached hydrogens (tertiary/aromatic N) is 1. The van der Waals surface area contributed by atoms with Crippen LogP contribution in [0.3, 0.4) is 0 Å². The number of aromatic nitrogens is 1. The third-order valence-electron chi connectivity index (χ3n) is 3.62. The van der Waals surface area contributed by atoms with E-state index < -0.39 is 0 Å². The second kappa shape index (κ2) is 4.48. The summed E-state index contributed by atoms with van der Waals surface area (Å²) in [6.45, 7) is 0. The topological polar surface area (TPSA) is 31.4 Å². The van der Waals surface area contributed by atoms with E-state index >= 15 is 0 Å². The van der Waals surface area contributed by atoms with Gasteiger partial charge < -0.3 is 9.47 Å². The Bertz CT molecular complexity index is 593. The van der Waals surface area contributed by atoms with Crippen molar-refractivity contribution in [1.29, 1.82) is 0 Å². The van der Waals surface area contributed by atoms with Crippen molar-refractivity contribution in [3.8, 4) is 11.5 Å². The number of aryl methyl sites for hydroxylation is 1. The summed E-state index contributed by atoms with van der Waals surface area (Å²) in [5.41, 5.74) is 3.45. The molecule has 3 nitrogen and oxygen atoms in total. The van der Waals surface area contributed by atoms with Crippen molar-refractivity contribution in [2.45, 2.75) is 25.7 Å². The highest BCUT2D eigenvalue weighted by Crippen LogP contribution is 2.36. The number of hydrogen-bond donors (Lipinski definition) is 0. The Balaban J connectivity index is 2.29. The predicted molar refractivity (Wildman–Crippen MR) is 71.5 cm³/mol. The molecule has 0 spiro atoms. The molecule has 0 atom stereocenters. The Labute approximate surface area is 107 Å². The summed E-state index contributed by atoms with van der Waals surface area (Å²) in [6.07, 6.45) is 4.58. The Morgan fingerprint density at radius 3 is 2.67 bits per heavy atom. The second-order valence-electron chi connectivity index (χ2n) is 4.66. The van der Waals surface area contributed by atoms with E-state index in [1.165, 1.54) is 24.1 Å². The molecule has 1 aliphatic carbocycles. The largest absolute Gasteiger partial charge is 0.497 e. The Morgan fingerprint density at radius 1 is 1.06 bits per heavy atom. The molecule has 1 aliphatic rings. The molecule has 94 valence electrons. The van der Waals surface area contributed by atoms with Crippen LogP contribution in [0.4, 0.5) is 0 Å². The van der Waals surface area contributed by atoms with E-state index in [9.17, 15) is 0 Å². The van der Waals surface area contributed by atoms with E-state index in [1.807, 2.05) is 18.2 Å². The van der Waals surface area contributed by atoms with Crippen LogP contribution < -0.4 is 9.47 Å². The molecule has 0 bridgehead atoms. The summed E-state index contributed by atoms with van der Waals surface area (Å²) in [5.74, 6) is 1.84. The zero-order chi connectivity index (χ0) is 12.5. The van der Waals surface area contributed by atoms with Crippen LogP contribution in [0.15, 0.2) is 18.2 Å². The SMILES string of the molecule is COc1ccc2c(OC)c3c(nc2c1)CCCC3. The van der Waals surface area contributed by atoms with Crippen LogP contribution in [0.5, 0.6) is 11.5 Å². The van der Waals surface area contributed by atoms with Gasteiger partial charge in [-0.3, -0.25) is 4.98 Å². The first-order valence-corrected chi connectivity index (χ1v) is 6.37. The standard InChI is InChI=1S/C15H17NO2/c1-17-10-7-8-12-14(9-10)16-13-6-4-3-5-11(13)15(12)18-2/h7-9H,3-6H2,1-2H3. The summed E-state index contributed by atoms with van der Waals surface area (Å²) >= 11 is 0. The van der Waals surface area contributed by atoms with Crippen molar-refractivity contribution in [1.82, 2.24) is 4.98 Å². The van der Waals surface area contributed by atoms with Crippen molar-refractivity contribution in [2.24, 2.45) is 0 Å². The van der Waals surface area contributed by atoms with Gasteiger partial charge in [0, 0.05) is 22.7 Å². The quantitative estimate of drug-likeness (QED) is 0.812. The highest BCUT2D eigenvalue weighted by atomic mass is 16.5. The lowest BCUT2D eigenvalue weighted by molar-refractivity contribution is 0.409. The molecule has 0 aliphatic heterocycles. The van der Waals surface area contributed by atoms with E-state index in [4.69, 9.17) is 14.5 Å². The Morgan fingerprint density at radius 2 is 1.89 bits per heavy atom. The summed E-state index contributed by atoms with van der Waals surface area (Å²) in [6, 6.07) is 5.98. The van der Waals surface area contributed by atoms with Crippen LogP contribution in [-0.2, 0) is 12.8 Å². The maximum absolute atomic E-state index is 5.62. The van der Waals surface area contributed by atoms with Gasteiger partial charge in [0.05, 0.1) is 19.7 Å². The highest BCUT2D eigenvalue weighted by Gasteiger charge is 2.18. The van der Waals surface area contributed by atoms with Crippen molar-refractivity contribution >= 4 is 10.9 Å². The van der Waals surface area contributed by atoms with Crippen molar-refractivity contribution < 1.29 is 9.47 Å². The molecule has 18 heavy (non-hydrogen) atoms. The lowest BCUT2D eigenvalue weighted by Gasteiger charge is -2.19. The lowest BCUT2D eigenvalue weighted by atomic mass is 9.93. The first-order valence-electron chi connectivity index (χ1n) is 6.37. The van der Waals surface area contributed by atoms with Crippen LogP contribution in [0, 0.1) is 0 Å². The van der Waals surface area contributed by atoms with Gasteiger partial charge in [-0.05, 0) is 37.8 Å². The van der Waals surface area contributed by atoms with Gasteiger partial charge in [-0.1, -0.05) is 0 Å². The molecule has 2 aromatic rings. The Kier molecular flexibility index (Phi) is 2.82. The molecule has 1 heterocycles. The van der Waals surface area contributed by atoms with Crippen LogP contribution in [0.2, 0.25) is 0 Å². The zero-order valence-electron chi connectivity index (χ0n) is 10.8. The fourth-order valence-corrected chi connectivity index (χ4v) is 2.72. The number of rotatable bonds is 2. The summed E-state index contributed by atoms with van der Waals surface area (Å²) < 4.78 is 10.9. The molecular formula is C15H17NO2. The van der Waals surface area contributed by atoms with E-state index in [0.717, 1.165) is 35.2 Å². The second-order valence-corrected chi connectivity index (χ2v) is 4.66. The van der Waals surface area contributed by atoms with E-state index in [0.29, 0.717) is 0 Å². The number of hydrogen-bond acceptors (Lipinski definition) is 3. The maximum atomic E-state index is 5.62. The molecule has 0 radical (unpaired) electrons. The van der Waals surface area contributed by atoms with Crippen LogP contribution in [0.1, 0.15) is 24.1 Å². The fraction of sp³-hybridized carbons (Fsp3) is 0.400. The van der Waals surface area contributed by atoms with E-state index in [2.05, 4.69) is 0 Å². The van der Waals surface area contributed by atoms with Crippen LogP contribution in [0.25, 0.3) is 10.9 Å². The minimum atomic E-state index is 0.841. The van der Waals surface area contributed by atoms with Gasteiger partial charge in [0.15, 0.2) is 0 Å². The van der Waals surface area contributed by atoms with Crippen molar-refractivity contribution in [2.75, 3.05) is 14.2 Å². The third kappa shape index (κ3) is 1.70. The average Bonchev–Trinajstić information content (AvgIpc) is 2.44. The van der Waals surface area contributed by atoms with Gasteiger partial charge in [0.1, 0.15) is 11.5 Å². The molecule has 0 N–H and O–H groups in total. The fourth-order valence-electron chi connectivity index (χ4n) is 2.72. The van der Waals surface area contributed by atoms with E-state index in [1.54, 1.807) is 14.2 Å². The molecule has 0 fully saturated rings. The monoisotopic (exact) mass is 243 g/mol. The number of fused-ring (bicyclic) bond motifs is 2. The van der Waals surface area contributed by atoms with Gasteiger partial charge in [0.2, 0.25) is 0 Å². The molecule has 1 aromatic heterocycles. The zero-order valence-corrected chi connectivity index (χ0v) is 10.8. The molecule has 0 unspecified atom stereocenters. The molecule has 1 aromatic carbocycles. The summed E-state index contributed by atoms with van der Waals surface area (Å²) in [5, 5.41) is 1.08. The van der Waals surface area contributed by atoms with Crippen molar-refractivity contribution in [3.63, 3.8) is 0 Å². The van der Waals surface area contributed by atoms with Gasteiger partial charge in [-0.15, -0.1) is 0 Å². The molecule has 0 saturated heterocycles. The van der Waals surface area contributed by atoms with Crippen LogP contribution in [-0.4, -0.2) is 19.2 Å². The van der Waals surface area contributed by atoms with Gasteiger partial charge in [0.25, 0.3) is 0 Å². The predicted octanol–water partition coefficient (Wildman–Crippen LogP) is 3.13. The molecular weight excluding hydrogens is 226 g/mol. The normalized spacial score (nSPS) is 14.3. The first-order chi connectivity index (χ1) is 8.83. The summed E-state index contributed by atoms with van der Waals surface area (Å²) in [4.78, 5) is 4.77. The lowest BCUT2D eigenvalue weighted by Crippen LogP contribution is -2.08. The molecule has 0 amide bonds. The average molecular weight is 243 g/mol. The third-order valence-corrected chi connectivity index (χ3v) is 3.62. The van der Waals surface area contributed by atoms with Gasteiger partial charge in [-0.2, -0.15) is 0 Å². The molecule has 3 rings (SSSR count). The van der Waals surface area contributed by atoms with Gasteiger partial charge in [-0.25, -0.2) is 0 Å². The number of benzene rings is 1. The summed E-state index contributed by atoms with van der Waals surface area (Å²) in [7, 11) is 3.42. The van der Waals surface area contributed by atoms with Gasteiger partial charge >= 0.3 is 0 Å². The molecule has 0 saturated carbocycles. The minimum absolute atomic E-state index is 0.841. The van der Waals surface area contributed by atoms with Crippen LogP contribution >= 0.6 is 0 Å². The minimum Gasteiger partial charge on any atom is -0.497 e.